The van der Waals surface area contributed by atoms with Crippen molar-refractivity contribution in [3.05, 3.63) is 6.33 Å². The summed E-state index contributed by atoms with van der Waals surface area (Å²) in [4.78, 5) is 3.84. The topological polar surface area (TPSA) is 67.9 Å². The van der Waals surface area contributed by atoms with E-state index in [-0.39, 0.29) is 6.10 Å². The fraction of sp³-hybridized carbons (Fsp3) is 0.714. The molecule has 0 bridgehead atoms. The molecule has 0 saturated carbocycles. The third-order valence-corrected chi connectivity index (χ3v) is 3.27. The van der Waals surface area contributed by atoms with Gasteiger partial charge in [-0.2, -0.15) is 5.10 Å². The second-order valence-corrected chi connectivity index (χ2v) is 4.35. The van der Waals surface area contributed by atoms with Gasteiger partial charge in [0.1, 0.15) is 6.33 Å². The van der Waals surface area contributed by atoms with Gasteiger partial charge < -0.3 is 4.74 Å². The molecule has 1 saturated heterocycles. The Balaban J connectivity index is 1.91. The Morgan fingerprint density at radius 3 is 3.31 bits per heavy atom. The van der Waals surface area contributed by atoms with Crippen LogP contribution < -0.4 is 0 Å². The molecule has 0 spiro atoms. The second kappa shape index (κ2) is 3.97. The Bertz CT molecular complexity index is 282. The van der Waals surface area contributed by atoms with E-state index in [2.05, 4.69) is 15.2 Å². The number of nitrogens with zero attached hydrogens (tertiary/aromatic N) is 2. The molecule has 0 aromatic carbocycles. The largest absolute Gasteiger partial charge is 0.377 e. The Labute approximate surface area is 78.4 Å². The molecule has 2 heterocycles. The first-order valence-corrected chi connectivity index (χ1v) is 5.53. The van der Waals surface area contributed by atoms with E-state index in [1.54, 1.807) is 0 Å². The second-order valence-electron chi connectivity index (χ2n) is 2.94. The van der Waals surface area contributed by atoms with Gasteiger partial charge in [0.05, 0.1) is 22.7 Å². The predicted molar refractivity (Wildman–Crippen MR) is 46.6 cm³/mol. The van der Waals surface area contributed by atoms with E-state index in [1.807, 2.05) is 0 Å². The van der Waals surface area contributed by atoms with Crippen LogP contribution in [0.3, 0.4) is 0 Å². The first-order valence-electron chi connectivity index (χ1n) is 4.21. The molecule has 0 radical (unpaired) electrons. The number of aromatic amines is 1. The van der Waals surface area contributed by atoms with Crippen LogP contribution >= 0.6 is 0 Å². The molecular formula is C7H11N3O2S. The van der Waals surface area contributed by atoms with Gasteiger partial charge in [0, 0.05) is 6.61 Å². The lowest BCUT2D eigenvalue weighted by atomic mass is 10.3. The van der Waals surface area contributed by atoms with Crippen LogP contribution in [-0.4, -0.2) is 37.9 Å². The quantitative estimate of drug-likeness (QED) is 0.752. The standard InChI is InChI=1S/C7H11N3O2S/c11-13(7-8-5-9-10-7)4-6-2-1-3-12-6/h5-6H,1-4H2,(H,8,9,10). The molecule has 5 nitrogen and oxygen atoms in total. The highest BCUT2D eigenvalue weighted by Gasteiger charge is 2.20. The van der Waals surface area contributed by atoms with Crippen LogP contribution in [0.5, 0.6) is 0 Å². The predicted octanol–water partition coefficient (Wildman–Crippen LogP) is 0.0913. The van der Waals surface area contributed by atoms with Crippen molar-refractivity contribution in [3.8, 4) is 0 Å². The number of hydrogen-bond donors (Lipinski definition) is 1. The first kappa shape index (κ1) is 8.83. The maximum absolute atomic E-state index is 11.6. The summed E-state index contributed by atoms with van der Waals surface area (Å²) in [6, 6.07) is 0. The minimum absolute atomic E-state index is 0.130. The third-order valence-electron chi connectivity index (χ3n) is 1.97. The zero-order valence-electron chi connectivity index (χ0n) is 7.10. The smallest absolute Gasteiger partial charge is 0.214 e. The van der Waals surface area contributed by atoms with Crippen LogP contribution in [0.15, 0.2) is 11.5 Å². The lowest BCUT2D eigenvalue weighted by molar-refractivity contribution is 0.128. The summed E-state index contributed by atoms with van der Waals surface area (Å²) in [6.45, 7) is 0.790. The van der Waals surface area contributed by atoms with Gasteiger partial charge in [-0.3, -0.25) is 9.31 Å². The minimum atomic E-state index is -1.10. The summed E-state index contributed by atoms with van der Waals surface area (Å²) in [6.07, 6.45) is 3.56. The summed E-state index contributed by atoms with van der Waals surface area (Å²) >= 11 is 0. The highest BCUT2D eigenvalue weighted by Crippen LogP contribution is 2.14. The third kappa shape index (κ3) is 2.13. The summed E-state index contributed by atoms with van der Waals surface area (Å²) in [5.74, 6) is 0.523. The fourth-order valence-corrected chi connectivity index (χ4v) is 2.41. The zero-order chi connectivity index (χ0) is 9.10. The van der Waals surface area contributed by atoms with E-state index in [4.69, 9.17) is 4.74 Å². The molecule has 2 rings (SSSR count). The molecule has 1 N–H and O–H groups in total. The molecule has 1 aromatic rings. The summed E-state index contributed by atoms with van der Waals surface area (Å²) in [5, 5.41) is 6.68. The van der Waals surface area contributed by atoms with Crippen molar-refractivity contribution in [3.63, 3.8) is 0 Å². The zero-order valence-corrected chi connectivity index (χ0v) is 7.92. The van der Waals surface area contributed by atoms with Crippen molar-refractivity contribution < 1.29 is 8.95 Å². The lowest BCUT2D eigenvalue weighted by Gasteiger charge is -2.06. The molecule has 6 heteroatoms. The Morgan fingerprint density at radius 1 is 1.77 bits per heavy atom. The maximum atomic E-state index is 11.6. The molecule has 72 valence electrons. The number of ether oxygens (including phenoxy) is 1. The Morgan fingerprint density at radius 2 is 2.69 bits per heavy atom. The van der Waals surface area contributed by atoms with Crippen LogP contribution in [0.1, 0.15) is 12.8 Å². The van der Waals surface area contributed by atoms with E-state index in [0.717, 1.165) is 19.4 Å². The van der Waals surface area contributed by atoms with Crippen LogP contribution in [-0.2, 0) is 15.5 Å². The summed E-state index contributed by atoms with van der Waals surface area (Å²) in [7, 11) is -1.10. The van der Waals surface area contributed by atoms with Gasteiger partial charge in [-0.15, -0.1) is 0 Å². The Kier molecular flexibility index (Phi) is 2.70. The van der Waals surface area contributed by atoms with Gasteiger partial charge in [-0.05, 0) is 12.8 Å². The monoisotopic (exact) mass is 201 g/mol. The molecule has 1 aliphatic heterocycles. The van der Waals surface area contributed by atoms with Gasteiger partial charge in [-0.25, -0.2) is 4.98 Å². The number of hydrogen-bond acceptors (Lipinski definition) is 4. The normalized spacial score (nSPS) is 24.8. The summed E-state index contributed by atoms with van der Waals surface area (Å²) in [5.41, 5.74) is 0. The van der Waals surface area contributed by atoms with Crippen molar-refractivity contribution in [2.75, 3.05) is 12.4 Å². The van der Waals surface area contributed by atoms with E-state index in [0.29, 0.717) is 10.9 Å². The molecule has 1 aliphatic rings. The van der Waals surface area contributed by atoms with Gasteiger partial charge in [0.25, 0.3) is 0 Å². The average molecular weight is 201 g/mol. The number of aromatic nitrogens is 3. The van der Waals surface area contributed by atoms with Crippen molar-refractivity contribution in [1.82, 2.24) is 15.2 Å². The van der Waals surface area contributed by atoms with Crippen LogP contribution in [0.4, 0.5) is 0 Å². The number of H-pyrrole nitrogens is 1. The SMILES string of the molecule is O=S(CC1CCCO1)c1ncn[nH]1. The van der Waals surface area contributed by atoms with Crippen LogP contribution in [0.2, 0.25) is 0 Å². The van der Waals surface area contributed by atoms with Crippen molar-refractivity contribution in [2.45, 2.75) is 24.1 Å². The van der Waals surface area contributed by atoms with Gasteiger partial charge in [0.2, 0.25) is 5.16 Å². The summed E-state index contributed by atoms with van der Waals surface area (Å²) < 4.78 is 16.9. The number of rotatable bonds is 3. The van der Waals surface area contributed by atoms with Crippen LogP contribution in [0, 0.1) is 0 Å². The van der Waals surface area contributed by atoms with E-state index >= 15 is 0 Å². The molecule has 0 aliphatic carbocycles. The molecule has 1 fully saturated rings. The van der Waals surface area contributed by atoms with E-state index in [1.165, 1.54) is 6.33 Å². The first-order chi connectivity index (χ1) is 6.36. The highest BCUT2D eigenvalue weighted by molar-refractivity contribution is 7.84. The molecular weight excluding hydrogens is 190 g/mol. The molecule has 2 unspecified atom stereocenters. The fourth-order valence-electron chi connectivity index (χ4n) is 1.33. The van der Waals surface area contributed by atoms with Gasteiger partial charge in [-0.1, -0.05) is 0 Å². The van der Waals surface area contributed by atoms with E-state index < -0.39 is 10.8 Å². The highest BCUT2D eigenvalue weighted by atomic mass is 32.2. The van der Waals surface area contributed by atoms with Crippen molar-refractivity contribution in [2.24, 2.45) is 0 Å². The molecule has 0 amide bonds. The molecule has 13 heavy (non-hydrogen) atoms. The minimum Gasteiger partial charge on any atom is -0.377 e. The van der Waals surface area contributed by atoms with Crippen molar-refractivity contribution in [1.29, 1.82) is 0 Å². The number of nitrogens with one attached hydrogen (secondary N) is 1. The molecule has 1 aromatic heterocycles. The van der Waals surface area contributed by atoms with Crippen LogP contribution in [0.25, 0.3) is 0 Å². The Hall–Kier alpha value is -0.750. The molecule has 2 atom stereocenters. The van der Waals surface area contributed by atoms with Gasteiger partial charge >= 0.3 is 0 Å². The average Bonchev–Trinajstić information content (AvgIpc) is 2.74. The van der Waals surface area contributed by atoms with Gasteiger partial charge in [0.15, 0.2) is 0 Å². The lowest BCUT2D eigenvalue weighted by Crippen LogP contribution is -2.16. The van der Waals surface area contributed by atoms with E-state index in [9.17, 15) is 4.21 Å². The van der Waals surface area contributed by atoms with Crippen molar-refractivity contribution >= 4 is 10.8 Å². The maximum Gasteiger partial charge on any atom is 0.214 e.